The average Bonchev–Trinajstić information content (AvgIpc) is 3.28. The average molecular weight is 369 g/mol. The summed E-state index contributed by atoms with van der Waals surface area (Å²) in [4.78, 5) is 23.4. The molecule has 1 unspecified atom stereocenters. The number of anilines is 1. The number of likely N-dealkylation sites (tertiary alicyclic amines) is 1. The highest BCUT2D eigenvalue weighted by Gasteiger charge is 2.26. The number of aryl methyl sites for hydroxylation is 2. The smallest absolute Gasteiger partial charge is 0.322 e. The molecule has 26 heavy (non-hydrogen) atoms. The summed E-state index contributed by atoms with van der Waals surface area (Å²) in [5.41, 5.74) is 1.83. The lowest BCUT2D eigenvalue weighted by atomic mass is 10.00. The van der Waals surface area contributed by atoms with Crippen molar-refractivity contribution in [2.24, 2.45) is 0 Å². The first-order chi connectivity index (χ1) is 12.7. The van der Waals surface area contributed by atoms with Crippen LogP contribution < -0.4 is 5.32 Å². The third-order valence-corrected chi connectivity index (χ3v) is 5.85. The molecule has 2 amide bonds. The maximum Gasteiger partial charge on any atom is 0.322 e. The predicted molar refractivity (Wildman–Crippen MR) is 105 cm³/mol. The van der Waals surface area contributed by atoms with Crippen LogP contribution in [0.4, 0.5) is 10.5 Å². The van der Waals surface area contributed by atoms with Crippen LogP contribution in [0.25, 0.3) is 10.2 Å². The molecule has 0 bridgehead atoms. The molecule has 1 fully saturated rings. The van der Waals surface area contributed by atoms with E-state index in [2.05, 4.69) is 19.9 Å². The van der Waals surface area contributed by atoms with Crippen LogP contribution in [0.1, 0.15) is 30.7 Å². The number of benzene rings is 1. The fourth-order valence-electron chi connectivity index (χ4n) is 3.60. The van der Waals surface area contributed by atoms with Crippen LogP contribution in [-0.4, -0.2) is 38.1 Å². The molecular weight excluding hydrogens is 346 g/mol. The highest BCUT2D eigenvalue weighted by Crippen LogP contribution is 2.26. The maximum atomic E-state index is 12.9. The van der Waals surface area contributed by atoms with E-state index in [0.29, 0.717) is 0 Å². The lowest BCUT2D eigenvalue weighted by Gasteiger charge is -2.36. The summed E-state index contributed by atoms with van der Waals surface area (Å²) in [6, 6.07) is 6.20. The van der Waals surface area contributed by atoms with Gasteiger partial charge < -0.3 is 14.8 Å². The van der Waals surface area contributed by atoms with Crippen molar-refractivity contribution in [2.45, 2.75) is 45.2 Å². The van der Waals surface area contributed by atoms with Crippen molar-refractivity contribution in [3.05, 3.63) is 41.9 Å². The molecule has 2 aromatic heterocycles. The fourth-order valence-corrected chi connectivity index (χ4v) is 4.46. The first-order valence-electron chi connectivity index (χ1n) is 9.09. The zero-order valence-corrected chi connectivity index (χ0v) is 15.7. The van der Waals surface area contributed by atoms with Gasteiger partial charge in [0.2, 0.25) is 0 Å². The second-order valence-corrected chi connectivity index (χ2v) is 8.01. The lowest BCUT2D eigenvalue weighted by Crippen LogP contribution is -2.46. The molecule has 4 rings (SSSR count). The molecule has 3 aromatic rings. The van der Waals surface area contributed by atoms with Gasteiger partial charge >= 0.3 is 6.03 Å². The summed E-state index contributed by atoms with van der Waals surface area (Å²) in [6.07, 6.45) is 9.88. The number of thiazole rings is 1. The van der Waals surface area contributed by atoms with E-state index in [1.165, 1.54) is 6.42 Å². The van der Waals surface area contributed by atoms with Crippen molar-refractivity contribution < 1.29 is 4.79 Å². The predicted octanol–water partition coefficient (Wildman–Crippen LogP) is 4.28. The van der Waals surface area contributed by atoms with Gasteiger partial charge in [-0.25, -0.2) is 14.8 Å². The zero-order chi connectivity index (χ0) is 17.9. The summed E-state index contributed by atoms with van der Waals surface area (Å²) in [5.74, 6) is 0. The molecule has 1 aliphatic rings. The number of carbonyl (C=O) groups excluding carboxylic acids is 1. The molecule has 1 aliphatic heterocycles. The molecule has 1 atom stereocenters. The van der Waals surface area contributed by atoms with Gasteiger partial charge in [0, 0.05) is 37.2 Å². The zero-order valence-electron chi connectivity index (χ0n) is 14.9. The fraction of sp³-hybridized carbons (Fsp3) is 0.421. The van der Waals surface area contributed by atoms with E-state index in [1.54, 1.807) is 17.5 Å². The largest absolute Gasteiger partial charge is 0.337 e. The van der Waals surface area contributed by atoms with E-state index in [1.807, 2.05) is 42.5 Å². The standard InChI is InChI=1S/C19H23N5OS/c1-14-21-17-6-5-15(12-18(17)26-14)22-19(25)24-9-3-2-4-16(24)7-10-23-11-8-20-13-23/h5-6,8,11-13,16H,2-4,7,9-10H2,1H3,(H,22,25). The topological polar surface area (TPSA) is 63.1 Å². The Morgan fingerprint density at radius 3 is 3.15 bits per heavy atom. The van der Waals surface area contributed by atoms with E-state index in [-0.39, 0.29) is 12.1 Å². The van der Waals surface area contributed by atoms with Crippen molar-refractivity contribution in [1.29, 1.82) is 0 Å². The number of nitrogens with zero attached hydrogens (tertiary/aromatic N) is 4. The number of carbonyl (C=O) groups is 1. The van der Waals surface area contributed by atoms with Gasteiger partial charge in [0.05, 0.1) is 21.6 Å². The van der Waals surface area contributed by atoms with Crippen molar-refractivity contribution in [3.8, 4) is 0 Å². The summed E-state index contributed by atoms with van der Waals surface area (Å²) in [5, 5.41) is 4.12. The Labute approximate surface area is 156 Å². The van der Waals surface area contributed by atoms with Crippen molar-refractivity contribution in [3.63, 3.8) is 0 Å². The van der Waals surface area contributed by atoms with Gasteiger partial charge in [0.15, 0.2) is 0 Å². The quantitative estimate of drug-likeness (QED) is 0.747. The molecule has 1 N–H and O–H groups in total. The highest BCUT2D eigenvalue weighted by molar-refractivity contribution is 7.18. The Balaban J connectivity index is 1.43. The lowest BCUT2D eigenvalue weighted by molar-refractivity contribution is 0.155. The molecule has 0 radical (unpaired) electrons. The molecule has 1 aromatic carbocycles. The first-order valence-corrected chi connectivity index (χ1v) is 9.91. The number of piperidine rings is 1. The third kappa shape index (κ3) is 3.72. The van der Waals surface area contributed by atoms with Gasteiger partial charge in [0.25, 0.3) is 0 Å². The number of hydrogen-bond donors (Lipinski definition) is 1. The van der Waals surface area contributed by atoms with E-state index in [4.69, 9.17) is 0 Å². The number of fused-ring (bicyclic) bond motifs is 1. The molecule has 0 saturated carbocycles. The van der Waals surface area contributed by atoms with Gasteiger partial charge in [-0.3, -0.25) is 0 Å². The summed E-state index contributed by atoms with van der Waals surface area (Å²) in [7, 11) is 0. The molecule has 0 spiro atoms. The minimum Gasteiger partial charge on any atom is -0.337 e. The summed E-state index contributed by atoms with van der Waals surface area (Å²) in [6.45, 7) is 3.71. The molecule has 136 valence electrons. The molecule has 7 heteroatoms. The number of urea groups is 1. The Kier molecular flexibility index (Phi) is 4.88. The maximum absolute atomic E-state index is 12.9. The van der Waals surface area contributed by atoms with E-state index in [9.17, 15) is 4.79 Å². The van der Waals surface area contributed by atoms with Gasteiger partial charge in [-0.15, -0.1) is 11.3 Å². The van der Waals surface area contributed by atoms with Crippen LogP contribution in [-0.2, 0) is 6.54 Å². The van der Waals surface area contributed by atoms with E-state index < -0.39 is 0 Å². The molecule has 0 aliphatic carbocycles. The second-order valence-electron chi connectivity index (χ2n) is 6.78. The number of nitrogens with one attached hydrogen (secondary N) is 1. The number of hydrogen-bond acceptors (Lipinski definition) is 4. The van der Waals surface area contributed by atoms with Gasteiger partial charge in [-0.2, -0.15) is 0 Å². The van der Waals surface area contributed by atoms with Crippen molar-refractivity contribution >= 4 is 33.3 Å². The van der Waals surface area contributed by atoms with Crippen LogP contribution in [0, 0.1) is 6.92 Å². The monoisotopic (exact) mass is 369 g/mol. The molecule has 1 saturated heterocycles. The van der Waals surface area contributed by atoms with Crippen LogP contribution in [0.3, 0.4) is 0 Å². The Morgan fingerprint density at radius 2 is 2.31 bits per heavy atom. The van der Waals surface area contributed by atoms with Gasteiger partial charge in [0.1, 0.15) is 0 Å². The second kappa shape index (κ2) is 7.45. The van der Waals surface area contributed by atoms with Crippen molar-refractivity contribution in [2.75, 3.05) is 11.9 Å². The number of amides is 2. The van der Waals surface area contributed by atoms with E-state index in [0.717, 1.165) is 53.3 Å². The normalized spacial score (nSPS) is 17.6. The van der Waals surface area contributed by atoms with Crippen molar-refractivity contribution in [1.82, 2.24) is 19.4 Å². The van der Waals surface area contributed by atoms with Gasteiger partial charge in [-0.1, -0.05) is 0 Å². The minimum absolute atomic E-state index is 0.000850. The third-order valence-electron chi connectivity index (χ3n) is 4.91. The van der Waals surface area contributed by atoms with Crippen LogP contribution in [0.5, 0.6) is 0 Å². The molecule has 3 heterocycles. The summed E-state index contributed by atoms with van der Waals surface area (Å²) < 4.78 is 3.18. The number of rotatable bonds is 4. The van der Waals surface area contributed by atoms with Crippen LogP contribution in [0.15, 0.2) is 36.9 Å². The molecular formula is C19H23N5OS. The Morgan fingerprint density at radius 1 is 1.38 bits per heavy atom. The minimum atomic E-state index is 0.000850. The Bertz CT molecular complexity index is 889. The van der Waals surface area contributed by atoms with Crippen LogP contribution >= 0.6 is 11.3 Å². The SMILES string of the molecule is Cc1nc2ccc(NC(=O)N3CCCCC3CCn3ccnc3)cc2s1. The Hall–Kier alpha value is -2.41. The number of aromatic nitrogens is 3. The number of imidazole rings is 1. The first kappa shape index (κ1) is 17.0. The summed E-state index contributed by atoms with van der Waals surface area (Å²) >= 11 is 1.65. The van der Waals surface area contributed by atoms with Gasteiger partial charge in [-0.05, 0) is 50.8 Å². The van der Waals surface area contributed by atoms with Crippen LogP contribution in [0.2, 0.25) is 0 Å². The van der Waals surface area contributed by atoms with E-state index >= 15 is 0 Å². The molecule has 6 nitrogen and oxygen atoms in total. The highest BCUT2D eigenvalue weighted by atomic mass is 32.1.